The number of alkyl halides is 3. The van der Waals surface area contributed by atoms with Crippen LogP contribution in [0.5, 0.6) is 5.75 Å². The molecule has 1 saturated carbocycles. The van der Waals surface area contributed by atoms with E-state index >= 15 is 0 Å². The number of ether oxygens (including phenoxy) is 3. The molecule has 10 nitrogen and oxygen atoms in total. The number of esters is 1. The minimum Gasteiger partial charge on any atom is -0.465 e. The molecule has 0 bridgehead atoms. The summed E-state index contributed by atoms with van der Waals surface area (Å²) in [6, 6.07) is 11.8. The Kier molecular flexibility index (Phi) is 7.79. The van der Waals surface area contributed by atoms with Crippen molar-refractivity contribution in [3.63, 3.8) is 0 Å². The number of morpholine rings is 1. The van der Waals surface area contributed by atoms with Gasteiger partial charge in [-0.05, 0) is 60.9 Å². The number of aromatic nitrogens is 2. The summed E-state index contributed by atoms with van der Waals surface area (Å²) in [5.74, 6) is -2.48. The molecule has 0 unspecified atom stereocenters. The lowest BCUT2D eigenvalue weighted by Gasteiger charge is -2.34. The van der Waals surface area contributed by atoms with Gasteiger partial charge in [-0.1, -0.05) is 12.1 Å². The summed E-state index contributed by atoms with van der Waals surface area (Å²) in [5.41, 5.74) is -0.704. The molecule has 234 valence electrons. The number of halogens is 4. The van der Waals surface area contributed by atoms with Crippen LogP contribution in [0, 0.1) is 5.82 Å². The number of amides is 1. The Morgan fingerprint density at radius 3 is 2.44 bits per heavy atom. The maximum atomic E-state index is 14.8. The third kappa shape index (κ3) is 5.98. The molecule has 2 aliphatic rings. The van der Waals surface area contributed by atoms with Crippen molar-refractivity contribution in [3.05, 3.63) is 82.7 Å². The zero-order valence-corrected chi connectivity index (χ0v) is 23.8. The highest BCUT2D eigenvalue weighted by atomic mass is 19.4. The third-order valence-corrected chi connectivity index (χ3v) is 7.94. The normalized spacial score (nSPS) is 16.3. The van der Waals surface area contributed by atoms with Crippen molar-refractivity contribution in [2.45, 2.75) is 24.7 Å². The molecule has 1 saturated heterocycles. The summed E-state index contributed by atoms with van der Waals surface area (Å²) >= 11 is 0. The number of carbonyl (C=O) groups excluding carboxylic acids is 2. The van der Waals surface area contributed by atoms with Crippen LogP contribution < -0.4 is 15.6 Å². The van der Waals surface area contributed by atoms with Crippen LogP contribution in [-0.2, 0) is 14.3 Å². The summed E-state index contributed by atoms with van der Waals surface area (Å²) < 4.78 is 69.8. The molecule has 4 aromatic rings. The summed E-state index contributed by atoms with van der Waals surface area (Å²) in [7, 11) is 1.19. The van der Waals surface area contributed by atoms with Crippen molar-refractivity contribution >= 4 is 28.5 Å². The van der Waals surface area contributed by atoms with Crippen molar-refractivity contribution in [1.82, 2.24) is 14.5 Å². The van der Waals surface area contributed by atoms with Crippen LogP contribution in [-0.4, -0.2) is 71.6 Å². The van der Waals surface area contributed by atoms with Gasteiger partial charge in [-0.2, -0.15) is 0 Å². The molecule has 3 aromatic carbocycles. The quantitative estimate of drug-likeness (QED) is 0.233. The largest absolute Gasteiger partial charge is 0.573 e. The molecular formula is C31H26F4N4O6. The number of fused-ring (bicyclic) bond motifs is 1. The van der Waals surface area contributed by atoms with Gasteiger partial charge in [0.15, 0.2) is 5.75 Å². The number of anilines is 1. The molecule has 0 radical (unpaired) electrons. The van der Waals surface area contributed by atoms with Crippen LogP contribution in [0.1, 0.15) is 23.2 Å². The first-order valence-corrected chi connectivity index (χ1v) is 13.9. The van der Waals surface area contributed by atoms with Gasteiger partial charge in [0.25, 0.3) is 5.56 Å². The van der Waals surface area contributed by atoms with E-state index in [-0.39, 0.29) is 33.4 Å². The zero-order chi connectivity index (χ0) is 31.9. The molecule has 0 spiro atoms. The Morgan fingerprint density at radius 2 is 1.78 bits per heavy atom. The molecule has 1 aromatic heterocycles. The Hall–Kier alpha value is -4.82. The number of methoxy groups -OCH3 is 1. The van der Waals surface area contributed by atoms with Crippen LogP contribution in [0.15, 0.2) is 65.7 Å². The monoisotopic (exact) mass is 626 g/mol. The fourth-order valence-corrected chi connectivity index (χ4v) is 5.48. The summed E-state index contributed by atoms with van der Waals surface area (Å²) in [6.07, 6.45) is -2.75. The standard InChI is InChI=1S/C31H26F4N4O6/c1-43-28(41)19-3-5-21(23(32)14-19)18-2-6-22-24(15-18)36-17-39(27(22)40)20-4-7-26(45-31(33,34)35)25(16-20)37-29(42)30(8-9-30)38-10-12-44-13-11-38/h2-7,14-17H,8-13H2,1H3,(H,37,42). The molecule has 14 heteroatoms. The number of nitrogens with zero attached hydrogens (tertiary/aromatic N) is 3. The molecule has 1 aliphatic carbocycles. The molecule has 2 fully saturated rings. The van der Waals surface area contributed by atoms with E-state index in [9.17, 15) is 31.9 Å². The summed E-state index contributed by atoms with van der Waals surface area (Å²) in [4.78, 5) is 44.9. The number of hydrogen-bond donors (Lipinski definition) is 1. The topological polar surface area (TPSA) is 112 Å². The van der Waals surface area contributed by atoms with E-state index in [0.717, 1.165) is 16.7 Å². The molecule has 2 heterocycles. The summed E-state index contributed by atoms with van der Waals surface area (Å²) in [5, 5.41) is 2.75. The predicted molar refractivity (Wildman–Crippen MR) is 154 cm³/mol. The van der Waals surface area contributed by atoms with Gasteiger partial charge in [-0.25, -0.2) is 14.2 Å². The fraction of sp³-hybridized carbons (Fsp3) is 0.290. The highest BCUT2D eigenvalue weighted by Crippen LogP contribution is 2.44. The van der Waals surface area contributed by atoms with E-state index in [1.54, 1.807) is 0 Å². The third-order valence-electron chi connectivity index (χ3n) is 7.94. The van der Waals surface area contributed by atoms with Crippen molar-refractivity contribution in [2.24, 2.45) is 0 Å². The maximum Gasteiger partial charge on any atom is 0.573 e. The average Bonchev–Trinajstić information content (AvgIpc) is 3.84. The first kappa shape index (κ1) is 30.2. The molecule has 0 atom stereocenters. The van der Waals surface area contributed by atoms with E-state index in [1.165, 1.54) is 55.9 Å². The average molecular weight is 627 g/mol. The fourth-order valence-electron chi connectivity index (χ4n) is 5.48. The molecule has 6 rings (SSSR count). The first-order chi connectivity index (χ1) is 21.5. The summed E-state index contributed by atoms with van der Waals surface area (Å²) in [6.45, 7) is 1.93. The molecule has 1 amide bonds. The van der Waals surface area contributed by atoms with Crippen molar-refractivity contribution in [1.29, 1.82) is 0 Å². The molecule has 1 aliphatic heterocycles. The van der Waals surface area contributed by atoms with Gasteiger partial charge in [-0.3, -0.25) is 19.1 Å². The lowest BCUT2D eigenvalue weighted by molar-refractivity contribution is -0.274. The van der Waals surface area contributed by atoms with Gasteiger partial charge in [0, 0.05) is 18.7 Å². The minimum atomic E-state index is -5.03. The van der Waals surface area contributed by atoms with Gasteiger partial charge in [0.2, 0.25) is 5.91 Å². The van der Waals surface area contributed by atoms with Gasteiger partial charge < -0.3 is 19.5 Å². The van der Waals surface area contributed by atoms with Crippen LogP contribution in [0.25, 0.3) is 27.7 Å². The van der Waals surface area contributed by atoms with Crippen molar-refractivity contribution in [2.75, 3.05) is 38.7 Å². The molecule has 1 N–H and O–H groups in total. The van der Waals surface area contributed by atoms with E-state index in [1.807, 2.05) is 4.90 Å². The Morgan fingerprint density at radius 1 is 1.02 bits per heavy atom. The van der Waals surface area contributed by atoms with Crippen molar-refractivity contribution in [3.8, 4) is 22.6 Å². The van der Waals surface area contributed by atoms with Crippen LogP contribution in [0.3, 0.4) is 0 Å². The lowest BCUT2D eigenvalue weighted by atomic mass is 10.0. The second kappa shape index (κ2) is 11.6. The second-order valence-corrected chi connectivity index (χ2v) is 10.7. The van der Waals surface area contributed by atoms with E-state index in [0.29, 0.717) is 44.7 Å². The molecular weight excluding hydrogens is 600 g/mol. The van der Waals surface area contributed by atoms with Crippen molar-refractivity contribution < 1.29 is 41.4 Å². The highest BCUT2D eigenvalue weighted by molar-refractivity contribution is 6.01. The second-order valence-electron chi connectivity index (χ2n) is 10.7. The predicted octanol–water partition coefficient (Wildman–Crippen LogP) is 4.68. The van der Waals surface area contributed by atoms with Gasteiger partial charge >= 0.3 is 12.3 Å². The maximum absolute atomic E-state index is 14.8. The van der Waals surface area contributed by atoms with E-state index < -0.39 is 40.9 Å². The highest BCUT2D eigenvalue weighted by Gasteiger charge is 2.54. The zero-order valence-electron chi connectivity index (χ0n) is 23.8. The minimum absolute atomic E-state index is 0.0381. The number of carbonyl (C=O) groups is 2. The SMILES string of the molecule is COC(=O)c1ccc(-c2ccc3c(=O)n(-c4ccc(OC(F)(F)F)c(NC(=O)C5(N6CCOCC6)CC5)c4)cnc3c2)c(F)c1. The van der Waals surface area contributed by atoms with Gasteiger partial charge in [-0.15, -0.1) is 13.2 Å². The van der Waals surface area contributed by atoms with Gasteiger partial charge in [0.1, 0.15) is 17.7 Å². The smallest absolute Gasteiger partial charge is 0.465 e. The number of rotatable bonds is 7. The number of nitrogens with one attached hydrogen (secondary N) is 1. The van der Waals surface area contributed by atoms with Gasteiger partial charge in [0.05, 0.1) is 48.2 Å². The van der Waals surface area contributed by atoms with Crippen LogP contribution in [0.4, 0.5) is 23.2 Å². The molecule has 45 heavy (non-hydrogen) atoms. The number of hydrogen-bond acceptors (Lipinski definition) is 8. The van der Waals surface area contributed by atoms with Crippen LogP contribution >= 0.6 is 0 Å². The van der Waals surface area contributed by atoms with E-state index in [4.69, 9.17) is 4.74 Å². The van der Waals surface area contributed by atoms with Crippen LogP contribution in [0.2, 0.25) is 0 Å². The Bertz CT molecular complexity index is 1870. The Balaban J connectivity index is 1.33. The van der Waals surface area contributed by atoms with E-state index in [2.05, 4.69) is 19.8 Å². The number of benzene rings is 3. The first-order valence-electron chi connectivity index (χ1n) is 13.9. The Labute approximate surface area is 253 Å². The lowest BCUT2D eigenvalue weighted by Crippen LogP contribution is -2.51.